The molecule has 0 N–H and O–H groups in total. The van der Waals surface area contributed by atoms with Crippen LogP contribution in [-0.4, -0.2) is 17.9 Å². The molecule has 0 radical (unpaired) electrons. The fraction of sp³-hybridized carbons (Fsp3) is 0.333. The Labute approximate surface area is 148 Å². The number of hydrogen-bond acceptors (Lipinski definition) is 3. The van der Waals surface area contributed by atoms with E-state index in [0.29, 0.717) is 12.1 Å². The van der Waals surface area contributed by atoms with E-state index >= 15 is 0 Å². The SMILES string of the molecule is COc1ccccc1CN1C(=O)c2ccc(C(C)(C)C)cc2C1C#N. The second-order valence-corrected chi connectivity index (χ2v) is 7.33. The number of para-hydroxylation sites is 1. The van der Waals surface area contributed by atoms with E-state index in [9.17, 15) is 10.1 Å². The molecule has 25 heavy (non-hydrogen) atoms. The van der Waals surface area contributed by atoms with Gasteiger partial charge in [0.25, 0.3) is 5.91 Å². The smallest absolute Gasteiger partial charge is 0.255 e. The van der Waals surface area contributed by atoms with Crippen molar-refractivity contribution in [2.75, 3.05) is 7.11 Å². The van der Waals surface area contributed by atoms with Gasteiger partial charge in [0, 0.05) is 16.7 Å². The molecule has 4 heteroatoms. The van der Waals surface area contributed by atoms with Crippen molar-refractivity contribution in [1.82, 2.24) is 4.90 Å². The first-order chi connectivity index (χ1) is 11.9. The van der Waals surface area contributed by atoms with Crippen LogP contribution < -0.4 is 4.74 Å². The summed E-state index contributed by atoms with van der Waals surface area (Å²) in [6.45, 7) is 6.72. The topological polar surface area (TPSA) is 53.3 Å². The van der Waals surface area contributed by atoms with Crippen molar-refractivity contribution >= 4 is 5.91 Å². The number of rotatable bonds is 3. The minimum Gasteiger partial charge on any atom is -0.496 e. The van der Waals surface area contributed by atoms with E-state index in [1.807, 2.05) is 42.5 Å². The number of fused-ring (bicyclic) bond motifs is 1. The maximum absolute atomic E-state index is 12.9. The molecular weight excluding hydrogens is 312 g/mol. The summed E-state index contributed by atoms with van der Waals surface area (Å²) < 4.78 is 5.38. The van der Waals surface area contributed by atoms with Gasteiger partial charge in [-0.05, 0) is 23.1 Å². The fourth-order valence-electron chi connectivity index (χ4n) is 3.21. The number of amides is 1. The molecule has 0 spiro atoms. The summed E-state index contributed by atoms with van der Waals surface area (Å²) in [5.41, 5.74) is 3.40. The molecule has 1 amide bonds. The number of carbonyl (C=O) groups excluding carboxylic acids is 1. The Bertz CT molecular complexity index is 859. The lowest BCUT2D eigenvalue weighted by Crippen LogP contribution is -2.27. The number of nitrogens with zero attached hydrogens (tertiary/aromatic N) is 2. The first kappa shape index (κ1) is 17.0. The van der Waals surface area contributed by atoms with Crippen LogP contribution in [0.1, 0.15) is 53.9 Å². The number of carbonyl (C=O) groups is 1. The van der Waals surface area contributed by atoms with E-state index < -0.39 is 6.04 Å². The molecule has 128 valence electrons. The average molecular weight is 334 g/mol. The van der Waals surface area contributed by atoms with Gasteiger partial charge in [0.2, 0.25) is 0 Å². The summed E-state index contributed by atoms with van der Waals surface area (Å²) in [5, 5.41) is 9.72. The molecule has 1 atom stereocenters. The number of nitriles is 1. The Morgan fingerprint density at radius 3 is 2.56 bits per heavy atom. The van der Waals surface area contributed by atoms with E-state index in [4.69, 9.17) is 4.74 Å². The molecule has 1 aliphatic rings. The maximum atomic E-state index is 12.9. The fourth-order valence-corrected chi connectivity index (χ4v) is 3.21. The van der Waals surface area contributed by atoms with Crippen molar-refractivity contribution in [3.63, 3.8) is 0 Å². The van der Waals surface area contributed by atoms with E-state index in [2.05, 4.69) is 26.8 Å². The number of benzene rings is 2. The van der Waals surface area contributed by atoms with E-state index in [-0.39, 0.29) is 11.3 Å². The second kappa shape index (κ2) is 6.25. The standard InChI is InChI=1S/C21H22N2O2/c1-21(2,3)15-9-10-16-17(11-15)18(12-22)23(20(16)24)13-14-7-5-6-8-19(14)25-4/h5-11,18H,13H2,1-4H3. The van der Waals surface area contributed by atoms with Gasteiger partial charge in [0.05, 0.1) is 19.7 Å². The first-order valence-electron chi connectivity index (χ1n) is 8.33. The van der Waals surface area contributed by atoms with Gasteiger partial charge >= 0.3 is 0 Å². The molecule has 3 rings (SSSR count). The van der Waals surface area contributed by atoms with Crippen molar-refractivity contribution in [2.24, 2.45) is 0 Å². The Morgan fingerprint density at radius 1 is 1.20 bits per heavy atom. The molecule has 0 saturated heterocycles. The normalized spacial score (nSPS) is 16.5. The summed E-state index contributed by atoms with van der Waals surface area (Å²) in [4.78, 5) is 14.5. The van der Waals surface area contributed by atoms with Crippen LogP contribution in [0.5, 0.6) is 5.75 Å². The summed E-state index contributed by atoms with van der Waals surface area (Å²) in [5.74, 6) is 0.617. The van der Waals surface area contributed by atoms with Crippen LogP contribution in [-0.2, 0) is 12.0 Å². The lowest BCUT2D eigenvalue weighted by molar-refractivity contribution is 0.0743. The maximum Gasteiger partial charge on any atom is 0.255 e. The molecule has 0 aliphatic carbocycles. The number of ether oxygens (including phenoxy) is 1. The molecule has 2 aromatic rings. The van der Waals surface area contributed by atoms with E-state index in [1.165, 1.54) is 0 Å². The molecular formula is C21H22N2O2. The molecule has 0 aromatic heterocycles. The van der Waals surface area contributed by atoms with Gasteiger partial charge in [-0.1, -0.05) is 51.1 Å². The molecule has 0 saturated carbocycles. The lowest BCUT2D eigenvalue weighted by Gasteiger charge is -2.22. The minimum atomic E-state index is -0.574. The van der Waals surface area contributed by atoms with Crippen LogP contribution in [0.3, 0.4) is 0 Å². The van der Waals surface area contributed by atoms with Crippen LogP contribution in [0.15, 0.2) is 42.5 Å². The molecule has 1 aliphatic heterocycles. The van der Waals surface area contributed by atoms with Crippen LogP contribution >= 0.6 is 0 Å². The highest BCUT2D eigenvalue weighted by Crippen LogP contribution is 2.38. The lowest BCUT2D eigenvalue weighted by atomic mass is 9.85. The zero-order chi connectivity index (χ0) is 18.2. The van der Waals surface area contributed by atoms with Crippen LogP contribution in [0.25, 0.3) is 0 Å². The molecule has 0 bridgehead atoms. The van der Waals surface area contributed by atoms with E-state index in [1.54, 1.807) is 12.0 Å². The Hall–Kier alpha value is -2.80. The predicted molar refractivity (Wildman–Crippen MR) is 96.4 cm³/mol. The molecule has 0 fully saturated rings. The van der Waals surface area contributed by atoms with Crippen LogP contribution in [0.4, 0.5) is 0 Å². The van der Waals surface area contributed by atoms with Gasteiger partial charge < -0.3 is 9.64 Å². The van der Waals surface area contributed by atoms with Crippen LogP contribution in [0, 0.1) is 11.3 Å². The second-order valence-electron chi connectivity index (χ2n) is 7.33. The Morgan fingerprint density at radius 2 is 1.92 bits per heavy atom. The molecule has 2 aromatic carbocycles. The highest BCUT2D eigenvalue weighted by Gasteiger charge is 2.37. The monoisotopic (exact) mass is 334 g/mol. The zero-order valence-corrected chi connectivity index (χ0v) is 15.0. The van der Waals surface area contributed by atoms with Crippen molar-refractivity contribution in [3.8, 4) is 11.8 Å². The third-order valence-electron chi connectivity index (χ3n) is 4.67. The summed E-state index contributed by atoms with van der Waals surface area (Å²) >= 11 is 0. The van der Waals surface area contributed by atoms with E-state index in [0.717, 1.165) is 22.4 Å². The van der Waals surface area contributed by atoms with Gasteiger partial charge in [-0.3, -0.25) is 4.79 Å². The summed E-state index contributed by atoms with van der Waals surface area (Å²) in [6.07, 6.45) is 0. The van der Waals surface area contributed by atoms with Crippen molar-refractivity contribution < 1.29 is 9.53 Å². The highest BCUT2D eigenvalue weighted by atomic mass is 16.5. The van der Waals surface area contributed by atoms with Crippen molar-refractivity contribution in [1.29, 1.82) is 5.26 Å². The largest absolute Gasteiger partial charge is 0.496 e. The summed E-state index contributed by atoms with van der Waals surface area (Å²) in [7, 11) is 1.61. The number of hydrogen-bond donors (Lipinski definition) is 0. The van der Waals surface area contributed by atoms with Gasteiger partial charge in [-0.2, -0.15) is 5.26 Å². The molecule has 1 unspecified atom stereocenters. The third-order valence-corrected chi connectivity index (χ3v) is 4.67. The van der Waals surface area contributed by atoms with Gasteiger partial charge in [0.1, 0.15) is 11.8 Å². The summed E-state index contributed by atoms with van der Waals surface area (Å²) in [6, 6.07) is 15.1. The average Bonchev–Trinajstić information content (AvgIpc) is 2.86. The highest BCUT2D eigenvalue weighted by molar-refractivity contribution is 5.99. The Balaban J connectivity index is 2.00. The Kier molecular flexibility index (Phi) is 4.26. The predicted octanol–water partition coefficient (Wildman–Crippen LogP) is 4.21. The van der Waals surface area contributed by atoms with Crippen molar-refractivity contribution in [2.45, 2.75) is 38.8 Å². The minimum absolute atomic E-state index is 0.0336. The van der Waals surface area contributed by atoms with Gasteiger partial charge in [-0.25, -0.2) is 0 Å². The number of methoxy groups -OCH3 is 1. The molecule has 4 nitrogen and oxygen atoms in total. The van der Waals surface area contributed by atoms with Gasteiger partial charge in [-0.15, -0.1) is 0 Å². The quantitative estimate of drug-likeness (QED) is 0.845. The van der Waals surface area contributed by atoms with Gasteiger partial charge in [0.15, 0.2) is 0 Å². The zero-order valence-electron chi connectivity index (χ0n) is 15.0. The van der Waals surface area contributed by atoms with Crippen molar-refractivity contribution in [3.05, 3.63) is 64.7 Å². The van der Waals surface area contributed by atoms with Crippen LogP contribution in [0.2, 0.25) is 0 Å². The molecule has 1 heterocycles. The third kappa shape index (κ3) is 2.98. The first-order valence-corrected chi connectivity index (χ1v) is 8.33.